The van der Waals surface area contributed by atoms with Crippen LogP contribution in [0.15, 0.2) is 0 Å². The van der Waals surface area contributed by atoms with Crippen molar-refractivity contribution in [2.45, 2.75) is 96.8 Å². The summed E-state index contributed by atoms with van der Waals surface area (Å²) in [5.41, 5.74) is 0. The van der Waals surface area contributed by atoms with Crippen LogP contribution in [-0.4, -0.2) is 11.9 Å². The normalized spacial score (nSPS) is 10.7. The molecule has 0 unspecified atom stereocenters. The third-order valence-corrected chi connectivity index (χ3v) is 3.93. The maximum atomic E-state index is 10.4. The van der Waals surface area contributed by atoms with Crippen molar-refractivity contribution in [2.24, 2.45) is 0 Å². The summed E-state index contributed by atoms with van der Waals surface area (Å²) in [5, 5.41) is 2.18. The van der Waals surface area contributed by atoms with E-state index in [9.17, 15) is 4.79 Å². The second kappa shape index (κ2) is 16.8. The fraction of sp³-hybridized carbons (Fsp3) is 0.941. The SMILES string of the molecule is CCCCCCCCCCCCCCCCNC(=O)Cl. The van der Waals surface area contributed by atoms with Crippen LogP contribution >= 0.6 is 11.6 Å². The van der Waals surface area contributed by atoms with Crippen molar-refractivity contribution in [3.63, 3.8) is 0 Å². The van der Waals surface area contributed by atoms with E-state index in [1.54, 1.807) is 0 Å². The van der Waals surface area contributed by atoms with Crippen molar-refractivity contribution < 1.29 is 4.79 Å². The van der Waals surface area contributed by atoms with Gasteiger partial charge in [0.05, 0.1) is 0 Å². The lowest BCUT2D eigenvalue weighted by Crippen LogP contribution is -2.17. The molecule has 0 saturated heterocycles. The van der Waals surface area contributed by atoms with Gasteiger partial charge < -0.3 is 5.32 Å². The first-order chi connectivity index (χ1) is 9.77. The van der Waals surface area contributed by atoms with Crippen molar-refractivity contribution in [1.29, 1.82) is 0 Å². The van der Waals surface area contributed by atoms with Crippen LogP contribution in [0.4, 0.5) is 4.79 Å². The van der Waals surface area contributed by atoms with Gasteiger partial charge in [0, 0.05) is 6.54 Å². The Bertz CT molecular complexity index is 209. The molecular formula is C17H34ClNO. The summed E-state index contributed by atoms with van der Waals surface area (Å²) in [7, 11) is 0. The van der Waals surface area contributed by atoms with Gasteiger partial charge in [-0.1, -0.05) is 90.4 Å². The molecule has 0 saturated carbocycles. The highest BCUT2D eigenvalue weighted by atomic mass is 35.5. The van der Waals surface area contributed by atoms with E-state index in [1.165, 1.54) is 83.5 Å². The Morgan fingerprint density at radius 3 is 1.40 bits per heavy atom. The molecule has 0 fully saturated rings. The smallest absolute Gasteiger partial charge is 0.313 e. The number of nitrogens with one attached hydrogen (secondary N) is 1. The average molecular weight is 304 g/mol. The van der Waals surface area contributed by atoms with E-state index in [0.717, 1.165) is 13.0 Å². The number of halogens is 1. The lowest BCUT2D eigenvalue weighted by molar-refractivity contribution is 0.259. The zero-order valence-corrected chi connectivity index (χ0v) is 14.1. The highest BCUT2D eigenvalue weighted by Gasteiger charge is 1.95. The minimum absolute atomic E-state index is 0.431. The molecular weight excluding hydrogens is 270 g/mol. The minimum atomic E-state index is -0.431. The van der Waals surface area contributed by atoms with E-state index in [0.29, 0.717) is 0 Å². The molecule has 0 bridgehead atoms. The first-order valence-electron chi connectivity index (χ1n) is 8.70. The van der Waals surface area contributed by atoms with Crippen LogP contribution in [0.2, 0.25) is 0 Å². The summed E-state index contributed by atoms with van der Waals surface area (Å²) in [4.78, 5) is 10.4. The Hall–Kier alpha value is -0.240. The van der Waals surface area contributed by atoms with Crippen LogP contribution in [-0.2, 0) is 0 Å². The lowest BCUT2D eigenvalue weighted by atomic mass is 10.0. The molecule has 0 atom stereocenters. The van der Waals surface area contributed by atoms with E-state index >= 15 is 0 Å². The van der Waals surface area contributed by atoms with Gasteiger partial charge in [0.15, 0.2) is 0 Å². The third kappa shape index (κ3) is 17.8. The lowest BCUT2D eigenvalue weighted by Gasteiger charge is -2.03. The summed E-state index contributed by atoms with van der Waals surface area (Å²) in [6, 6.07) is 0. The van der Waals surface area contributed by atoms with Gasteiger partial charge in [-0.05, 0) is 18.0 Å². The molecule has 2 nitrogen and oxygen atoms in total. The molecule has 0 aromatic heterocycles. The Labute approximate surface area is 131 Å². The molecule has 0 rings (SSSR count). The first-order valence-corrected chi connectivity index (χ1v) is 9.08. The average Bonchev–Trinajstić information content (AvgIpc) is 2.43. The summed E-state index contributed by atoms with van der Waals surface area (Å²) < 4.78 is 0. The standard InChI is InChI=1S/C17H34ClNO/c1-2-3-4-5-6-7-8-9-10-11-12-13-14-15-16-19-17(18)20/h2-16H2,1H3,(H,19,20). The molecule has 0 heterocycles. The Kier molecular flexibility index (Phi) is 16.6. The third-order valence-electron chi connectivity index (χ3n) is 3.79. The molecule has 20 heavy (non-hydrogen) atoms. The Morgan fingerprint density at radius 2 is 1.05 bits per heavy atom. The van der Waals surface area contributed by atoms with Crippen molar-refractivity contribution in [3.8, 4) is 0 Å². The van der Waals surface area contributed by atoms with Gasteiger partial charge in [-0.25, -0.2) is 0 Å². The summed E-state index contributed by atoms with van der Waals surface area (Å²) >= 11 is 5.19. The van der Waals surface area contributed by atoms with E-state index < -0.39 is 5.37 Å². The van der Waals surface area contributed by atoms with Crippen LogP contribution in [0, 0.1) is 0 Å². The molecule has 1 N–H and O–H groups in total. The number of carbonyl (C=O) groups is 1. The largest absolute Gasteiger partial charge is 0.343 e. The molecule has 0 aromatic rings. The number of carbonyl (C=O) groups excluding carboxylic acids is 1. The van der Waals surface area contributed by atoms with Gasteiger partial charge in [0.2, 0.25) is 0 Å². The fourth-order valence-corrected chi connectivity index (χ4v) is 2.60. The first kappa shape index (κ1) is 19.8. The van der Waals surface area contributed by atoms with E-state index in [-0.39, 0.29) is 0 Å². The second-order valence-electron chi connectivity index (χ2n) is 5.80. The second-order valence-corrected chi connectivity index (χ2v) is 6.14. The topological polar surface area (TPSA) is 29.1 Å². The van der Waals surface area contributed by atoms with E-state index in [2.05, 4.69) is 12.2 Å². The zero-order chi connectivity index (χ0) is 14.9. The van der Waals surface area contributed by atoms with Crippen LogP contribution in [0.25, 0.3) is 0 Å². The van der Waals surface area contributed by atoms with Crippen molar-refractivity contribution in [2.75, 3.05) is 6.54 Å². The molecule has 0 aliphatic rings. The van der Waals surface area contributed by atoms with Gasteiger partial charge >= 0.3 is 5.37 Å². The number of amides is 1. The van der Waals surface area contributed by atoms with Gasteiger partial charge in [0.25, 0.3) is 0 Å². The summed E-state index contributed by atoms with van der Waals surface area (Å²) in [6.07, 6.45) is 19.0. The van der Waals surface area contributed by atoms with Crippen LogP contribution < -0.4 is 5.32 Å². The van der Waals surface area contributed by atoms with Crippen molar-refractivity contribution in [3.05, 3.63) is 0 Å². The van der Waals surface area contributed by atoms with Gasteiger partial charge in [-0.3, -0.25) is 4.79 Å². The molecule has 120 valence electrons. The highest BCUT2D eigenvalue weighted by Crippen LogP contribution is 2.12. The fourth-order valence-electron chi connectivity index (χ4n) is 2.51. The van der Waals surface area contributed by atoms with Gasteiger partial charge in [-0.2, -0.15) is 0 Å². The molecule has 0 spiro atoms. The summed E-state index contributed by atoms with van der Waals surface area (Å²) in [5.74, 6) is 0. The molecule has 0 aliphatic carbocycles. The predicted octanol–water partition coefficient (Wildman–Crippen LogP) is 6.42. The number of hydrogen-bond acceptors (Lipinski definition) is 1. The summed E-state index contributed by atoms with van der Waals surface area (Å²) in [6.45, 7) is 2.99. The monoisotopic (exact) mass is 303 g/mol. The number of hydrogen-bond donors (Lipinski definition) is 1. The molecule has 0 aliphatic heterocycles. The van der Waals surface area contributed by atoms with Crippen molar-refractivity contribution in [1.82, 2.24) is 5.32 Å². The van der Waals surface area contributed by atoms with E-state index in [4.69, 9.17) is 11.6 Å². The van der Waals surface area contributed by atoms with Crippen LogP contribution in [0.3, 0.4) is 0 Å². The predicted molar refractivity (Wildman–Crippen MR) is 89.6 cm³/mol. The Balaban J connectivity index is 2.94. The zero-order valence-electron chi connectivity index (χ0n) is 13.4. The number of rotatable bonds is 15. The minimum Gasteiger partial charge on any atom is -0.343 e. The Morgan fingerprint density at radius 1 is 0.700 bits per heavy atom. The van der Waals surface area contributed by atoms with E-state index in [1.807, 2.05) is 0 Å². The molecule has 3 heteroatoms. The van der Waals surface area contributed by atoms with Crippen LogP contribution in [0.1, 0.15) is 96.8 Å². The maximum Gasteiger partial charge on any atom is 0.313 e. The molecule has 1 amide bonds. The van der Waals surface area contributed by atoms with Gasteiger partial charge in [-0.15, -0.1) is 0 Å². The number of unbranched alkanes of at least 4 members (excludes halogenated alkanes) is 13. The van der Waals surface area contributed by atoms with Gasteiger partial charge in [0.1, 0.15) is 0 Å². The maximum absolute atomic E-state index is 10.4. The van der Waals surface area contributed by atoms with Crippen molar-refractivity contribution >= 4 is 17.0 Å². The molecule has 0 radical (unpaired) electrons. The van der Waals surface area contributed by atoms with Crippen LogP contribution in [0.5, 0.6) is 0 Å². The molecule has 0 aromatic carbocycles. The quantitative estimate of drug-likeness (QED) is 0.211. The highest BCUT2D eigenvalue weighted by molar-refractivity contribution is 6.62.